The highest BCUT2D eigenvalue weighted by molar-refractivity contribution is 7.18. The smallest absolute Gasteiger partial charge is 0.265 e. The molecule has 0 aliphatic carbocycles. The predicted octanol–water partition coefficient (Wildman–Crippen LogP) is 3.10. The molecule has 0 saturated heterocycles. The Bertz CT molecular complexity index is 444. The number of carbonyl (C=O) groups excluding carboxylic acids is 1. The van der Waals surface area contributed by atoms with E-state index in [0.717, 1.165) is 12.8 Å². The number of anilines is 2. The summed E-state index contributed by atoms with van der Waals surface area (Å²) in [5.41, 5.74) is 5.82. The summed E-state index contributed by atoms with van der Waals surface area (Å²) in [6.45, 7) is 10.4. The first kappa shape index (κ1) is 16.8. The molecule has 20 heavy (non-hydrogen) atoms. The molecule has 0 bridgehead atoms. The largest absolute Gasteiger partial charge is 0.382 e. The first-order chi connectivity index (χ1) is 9.33. The van der Waals surface area contributed by atoms with Crippen molar-refractivity contribution in [3.05, 3.63) is 4.88 Å². The Morgan fingerprint density at radius 1 is 1.35 bits per heavy atom. The van der Waals surface area contributed by atoms with Gasteiger partial charge in [-0.1, -0.05) is 31.6 Å². The minimum atomic E-state index is -0.132. The Morgan fingerprint density at radius 3 is 2.55 bits per heavy atom. The summed E-state index contributed by atoms with van der Waals surface area (Å²) in [6, 6.07) is 0.404. The normalized spacial score (nSPS) is 14.1. The van der Waals surface area contributed by atoms with E-state index in [-0.39, 0.29) is 18.0 Å². The van der Waals surface area contributed by atoms with Crippen LogP contribution in [0.1, 0.15) is 57.1 Å². The number of carbonyl (C=O) groups is 1. The van der Waals surface area contributed by atoms with Gasteiger partial charge < -0.3 is 16.4 Å². The van der Waals surface area contributed by atoms with E-state index in [2.05, 4.69) is 29.5 Å². The SMILES string of the molecule is CCC(C)CC(C)NC(=O)c1sc(NC(C)C)nc1N. The molecular weight excluding hydrogens is 272 g/mol. The van der Waals surface area contributed by atoms with E-state index in [4.69, 9.17) is 5.73 Å². The highest BCUT2D eigenvalue weighted by Gasteiger charge is 2.18. The second-order valence-corrected chi connectivity index (χ2v) is 6.66. The van der Waals surface area contributed by atoms with Crippen LogP contribution in [0.3, 0.4) is 0 Å². The molecule has 0 aliphatic heterocycles. The lowest BCUT2D eigenvalue weighted by Gasteiger charge is -2.17. The number of thiazole rings is 1. The van der Waals surface area contributed by atoms with Crippen LogP contribution in [0.15, 0.2) is 0 Å². The van der Waals surface area contributed by atoms with Crippen molar-refractivity contribution in [1.82, 2.24) is 10.3 Å². The van der Waals surface area contributed by atoms with E-state index in [9.17, 15) is 4.79 Å². The lowest BCUT2D eigenvalue weighted by Crippen LogP contribution is -2.33. The maximum atomic E-state index is 12.2. The number of nitrogens with zero attached hydrogens (tertiary/aromatic N) is 1. The molecule has 1 rings (SSSR count). The molecule has 114 valence electrons. The van der Waals surface area contributed by atoms with E-state index >= 15 is 0 Å². The number of nitrogen functional groups attached to an aromatic ring is 1. The van der Waals surface area contributed by atoms with E-state index in [1.165, 1.54) is 11.3 Å². The molecule has 1 aromatic heterocycles. The molecule has 1 aromatic rings. The second-order valence-electron chi connectivity index (χ2n) is 5.66. The average Bonchev–Trinajstić information content (AvgIpc) is 2.68. The summed E-state index contributed by atoms with van der Waals surface area (Å²) in [5.74, 6) is 0.765. The summed E-state index contributed by atoms with van der Waals surface area (Å²) < 4.78 is 0. The maximum absolute atomic E-state index is 12.2. The Kier molecular flexibility index (Phi) is 6.26. The van der Waals surface area contributed by atoms with Crippen LogP contribution in [-0.2, 0) is 0 Å². The fraction of sp³-hybridized carbons (Fsp3) is 0.714. The Morgan fingerprint density at radius 2 is 2.00 bits per heavy atom. The van der Waals surface area contributed by atoms with Crippen molar-refractivity contribution in [3.63, 3.8) is 0 Å². The number of hydrogen-bond donors (Lipinski definition) is 3. The van der Waals surface area contributed by atoms with E-state index in [1.54, 1.807) is 0 Å². The van der Waals surface area contributed by atoms with Gasteiger partial charge in [0.1, 0.15) is 10.7 Å². The van der Waals surface area contributed by atoms with Crippen LogP contribution < -0.4 is 16.4 Å². The molecule has 0 aliphatic rings. The van der Waals surface area contributed by atoms with Crippen molar-refractivity contribution >= 4 is 28.2 Å². The van der Waals surface area contributed by atoms with Crippen molar-refractivity contribution in [3.8, 4) is 0 Å². The molecule has 4 N–H and O–H groups in total. The fourth-order valence-electron chi connectivity index (χ4n) is 1.92. The van der Waals surface area contributed by atoms with Gasteiger partial charge in [0.15, 0.2) is 5.13 Å². The first-order valence-corrected chi connectivity index (χ1v) is 7.98. The Balaban J connectivity index is 2.65. The van der Waals surface area contributed by atoms with Crippen molar-refractivity contribution in [2.24, 2.45) is 5.92 Å². The van der Waals surface area contributed by atoms with Crippen LogP contribution in [0.2, 0.25) is 0 Å². The van der Waals surface area contributed by atoms with Gasteiger partial charge in [-0.05, 0) is 33.1 Å². The van der Waals surface area contributed by atoms with Crippen molar-refractivity contribution in [1.29, 1.82) is 0 Å². The maximum Gasteiger partial charge on any atom is 0.265 e. The number of aromatic nitrogens is 1. The van der Waals surface area contributed by atoms with Crippen molar-refractivity contribution in [2.75, 3.05) is 11.1 Å². The second kappa shape index (κ2) is 7.47. The number of hydrogen-bond acceptors (Lipinski definition) is 5. The Hall–Kier alpha value is -1.30. The number of nitrogens with one attached hydrogen (secondary N) is 2. The summed E-state index contributed by atoms with van der Waals surface area (Å²) in [5, 5.41) is 6.85. The molecule has 5 nitrogen and oxygen atoms in total. The summed E-state index contributed by atoms with van der Waals surface area (Å²) in [4.78, 5) is 16.9. The summed E-state index contributed by atoms with van der Waals surface area (Å²) in [6.07, 6.45) is 2.09. The molecule has 0 fully saturated rings. The van der Waals surface area contributed by atoms with Gasteiger partial charge in [0.05, 0.1) is 0 Å². The summed E-state index contributed by atoms with van der Waals surface area (Å²) >= 11 is 1.30. The first-order valence-electron chi connectivity index (χ1n) is 7.17. The van der Waals surface area contributed by atoms with Gasteiger partial charge in [0, 0.05) is 12.1 Å². The van der Waals surface area contributed by atoms with Crippen LogP contribution >= 0.6 is 11.3 Å². The number of rotatable bonds is 7. The highest BCUT2D eigenvalue weighted by atomic mass is 32.1. The van der Waals surface area contributed by atoms with Gasteiger partial charge >= 0.3 is 0 Å². The lowest BCUT2D eigenvalue weighted by molar-refractivity contribution is 0.0940. The molecule has 0 spiro atoms. The monoisotopic (exact) mass is 298 g/mol. The zero-order valence-corrected chi connectivity index (χ0v) is 13.8. The molecule has 0 radical (unpaired) electrons. The molecule has 1 amide bonds. The number of amides is 1. The molecule has 6 heteroatoms. The van der Waals surface area contributed by atoms with E-state index < -0.39 is 0 Å². The minimum absolute atomic E-state index is 0.132. The average molecular weight is 298 g/mol. The van der Waals surface area contributed by atoms with Gasteiger partial charge in [-0.25, -0.2) is 4.98 Å². The molecule has 0 aromatic carbocycles. The molecule has 2 atom stereocenters. The van der Waals surface area contributed by atoms with Gasteiger partial charge in [0.2, 0.25) is 0 Å². The van der Waals surface area contributed by atoms with E-state index in [0.29, 0.717) is 21.7 Å². The van der Waals surface area contributed by atoms with Crippen LogP contribution in [0, 0.1) is 5.92 Å². The third-order valence-corrected chi connectivity index (χ3v) is 4.10. The zero-order chi connectivity index (χ0) is 15.3. The number of nitrogens with two attached hydrogens (primary N) is 1. The lowest BCUT2D eigenvalue weighted by atomic mass is 10.0. The third-order valence-electron chi connectivity index (χ3n) is 3.10. The molecular formula is C14H26N4OS. The van der Waals surface area contributed by atoms with Crippen LogP contribution in [0.25, 0.3) is 0 Å². The fourth-order valence-corrected chi connectivity index (χ4v) is 2.86. The van der Waals surface area contributed by atoms with E-state index in [1.807, 2.05) is 20.8 Å². The zero-order valence-electron chi connectivity index (χ0n) is 13.0. The highest BCUT2D eigenvalue weighted by Crippen LogP contribution is 2.25. The third kappa shape index (κ3) is 5.00. The van der Waals surface area contributed by atoms with Crippen LogP contribution in [0.4, 0.5) is 10.9 Å². The topological polar surface area (TPSA) is 80.0 Å². The van der Waals surface area contributed by atoms with Crippen LogP contribution in [0.5, 0.6) is 0 Å². The predicted molar refractivity (Wildman–Crippen MR) is 86.3 cm³/mol. The standard InChI is InChI=1S/C14H26N4OS/c1-6-9(4)7-10(5)17-13(19)11-12(15)18-14(20-11)16-8(2)3/h8-10H,6-7,15H2,1-5H3,(H,16,18)(H,17,19). The minimum Gasteiger partial charge on any atom is -0.382 e. The van der Waals surface area contributed by atoms with Gasteiger partial charge in [-0.15, -0.1) is 0 Å². The molecule has 0 saturated carbocycles. The molecule has 1 heterocycles. The summed E-state index contributed by atoms with van der Waals surface area (Å²) in [7, 11) is 0. The van der Waals surface area contributed by atoms with Crippen LogP contribution in [-0.4, -0.2) is 23.0 Å². The van der Waals surface area contributed by atoms with Gasteiger partial charge in [-0.2, -0.15) is 0 Å². The van der Waals surface area contributed by atoms with Gasteiger partial charge in [0.25, 0.3) is 5.91 Å². The van der Waals surface area contributed by atoms with Gasteiger partial charge in [-0.3, -0.25) is 4.79 Å². The van der Waals surface area contributed by atoms with Crippen molar-refractivity contribution < 1.29 is 4.79 Å². The Labute approximate surface area is 125 Å². The molecule has 2 unspecified atom stereocenters. The quantitative estimate of drug-likeness (QED) is 0.722. The van der Waals surface area contributed by atoms with Crippen molar-refractivity contribution in [2.45, 2.75) is 59.5 Å².